The number of sulfonamides is 1. The number of ketones is 1. The van der Waals surface area contributed by atoms with Gasteiger partial charge in [-0.15, -0.1) is 0 Å². The summed E-state index contributed by atoms with van der Waals surface area (Å²) in [5, 5.41) is 0. The van der Waals surface area contributed by atoms with E-state index in [0.717, 1.165) is 6.26 Å². The van der Waals surface area contributed by atoms with Gasteiger partial charge in [0.15, 0.2) is 0 Å². The minimum atomic E-state index is -3.17. The van der Waals surface area contributed by atoms with Gasteiger partial charge in [0.05, 0.1) is 12.7 Å². The minimum absolute atomic E-state index is 0.0983. The van der Waals surface area contributed by atoms with Crippen LogP contribution in [0.4, 0.5) is 0 Å². The third-order valence-corrected chi connectivity index (χ3v) is 3.76. The van der Waals surface area contributed by atoms with Crippen LogP contribution in [0.25, 0.3) is 0 Å². The first kappa shape index (κ1) is 13.1. The summed E-state index contributed by atoms with van der Waals surface area (Å²) in [4.78, 5) is 23.8. The number of hydrogen-bond acceptors (Lipinski definition) is 4. The molecule has 92 valence electrons. The summed E-state index contributed by atoms with van der Waals surface area (Å²) in [6.45, 7) is 2.70. The van der Waals surface area contributed by atoms with Crippen molar-refractivity contribution in [3.05, 3.63) is 0 Å². The lowest BCUT2D eigenvalue weighted by Gasteiger charge is -2.33. The van der Waals surface area contributed by atoms with Crippen molar-refractivity contribution in [1.29, 1.82) is 0 Å². The summed E-state index contributed by atoms with van der Waals surface area (Å²) in [5.74, 6) is -0.392. The van der Waals surface area contributed by atoms with Gasteiger partial charge in [0.25, 0.3) is 0 Å². The highest BCUT2D eigenvalue weighted by atomic mass is 32.2. The zero-order valence-corrected chi connectivity index (χ0v) is 10.3. The molecule has 0 aromatic carbocycles. The van der Waals surface area contributed by atoms with E-state index in [1.165, 1.54) is 16.1 Å². The molecule has 16 heavy (non-hydrogen) atoms. The number of amides is 1. The molecule has 1 saturated heterocycles. The highest BCUT2D eigenvalue weighted by Gasteiger charge is 2.26. The maximum Gasteiger partial charge on any atom is 0.230 e. The fourth-order valence-corrected chi connectivity index (χ4v) is 2.42. The average molecular weight is 248 g/mol. The summed E-state index contributed by atoms with van der Waals surface area (Å²) < 4.78 is 23.8. The number of carbonyl (C=O) groups is 2. The molecule has 0 saturated carbocycles. The number of hydrogen-bond donors (Lipinski definition) is 0. The van der Waals surface area contributed by atoms with Gasteiger partial charge in [0.1, 0.15) is 5.78 Å². The van der Waals surface area contributed by atoms with E-state index in [2.05, 4.69) is 0 Å². The highest BCUT2D eigenvalue weighted by molar-refractivity contribution is 7.88. The molecule has 0 unspecified atom stereocenters. The molecule has 1 fully saturated rings. The predicted octanol–water partition coefficient (Wildman–Crippen LogP) is -0.931. The molecule has 1 amide bonds. The van der Waals surface area contributed by atoms with Gasteiger partial charge in [-0.25, -0.2) is 8.42 Å². The molecule has 0 aromatic rings. The minimum Gasteiger partial charge on any atom is -0.340 e. The van der Waals surface area contributed by atoms with Crippen molar-refractivity contribution in [2.75, 3.05) is 32.4 Å². The van der Waals surface area contributed by atoms with Crippen molar-refractivity contribution < 1.29 is 18.0 Å². The number of piperazine rings is 1. The maximum atomic E-state index is 11.5. The average Bonchev–Trinajstić information content (AvgIpc) is 2.15. The Hall–Kier alpha value is -0.950. The molecule has 0 bridgehead atoms. The van der Waals surface area contributed by atoms with E-state index >= 15 is 0 Å². The second-order valence-corrected chi connectivity index (χ2v) is 5.90. The van der Waals surface area contributed by atoms with E-state index in [1.807, 2.05) is 0 Å². The second-order valence-electron chi connectivity index (χ2n) is 3.92. The first-order chi connectivity index (χ1) is 7.30. The Morgan fingerprint density at radius 1 is 1.12 bits per heavy atom. The van der Waals surface area contributed by atoms with Gasteiger partial charge in [-0.3, -0.25) is 9.59 Å². The van der Waals surface area contributed by atoms with Crippen molar-refractivity contribution in [3.63, 3.8) is 0 Å². The van der Waals surface area contributed by atoms with Crippen LogP contribution in [0.2, 0.25) is 0 Å². The number of rotatable bonds is 3. The van der Waals surface area contributed by atoms with Crippen LogP contribution in [-0.2, 0) is 19.6 Å². The predicted molar refractivity (Wildman–Crippen MR) is 58.3 cm³/mol. The molecule has 6 nitrogen and oxygen atoms in total. The largest absolute Gasteiger partial charge is 0.340 e. The molecule has 1 rings (SSSR count). The quantitative estimate of drug-likeness (QED) is 0.605. The lowest BCUT2D eigenvalue weighted by atomic mass is 10.2. The van der Waals surface area contributed by atoms with Crippen molar-refractivity contribution in [1.82, 2.24) is 9.21 Å². The smallest absolute Gasteiger partial charge is 0.230 e. The summed E-state index contributed by atoms with van der Waals surface area (Å²) in [6.07, 6.45) is 1.05. The van der Waals surface area contributed by atoms with Gasteiger partial charge >= 0.3 is 0 Å². The summed E-state index contributed by atoms with van der Waals surface area (Å²) >= 11 is 0. The van der Waals surface area contributed by atoms with Crippen molar-refractivity contribution >= 4 is 21.7 Å². The zero-order chi connectivity index (χ0) is 12.3. The third kappa shape index (κ3) is 3.57. The Balaban J connectivity index is 2.49. The van der Waals surface area contributed by atoms with E-state index in [1.54, 1.807) is 0 Å². The Labute approximate surface area is 95.3 Å². The van der Waals surface area contributed by atoms with E-state index in [4.69, 9.17) is 0 Å². The van der Waals surface area contributed by atoms with Crippen molar-refractivity contribution in [2.45, 2.75) is 13.3 Å². The standard InChI is InChI=1S/C9H16N2O4S/c1-8(12)7-9(13)10-3-5-11(6-4-10)16(2,14)15/h3-7H2,1-2H3. The number of nitrogens with zero attached hydrogens (tertiary/aromatic N) is 2. The fourth-order valence-electron chi connectivity index (χ4n) is 1.59. The first-order valence-electron chi connectivity index (χ1n) is 5.03. The molecule has 1 aliphatic rings. The Morgan fingerprint density at radius 2 is 1.62 bits per heavy atom. The summed E-state index contributed by atoms with van der Waals surface area (Å²) in [7, 11) is -3.17. The van der Waals surface area contributed by atoms with E-state index in [0.29, 0.717) is 26.2 Å². The molecule has 1 heterocycles. The van der Waals surface area contributed by atoms with Crippen LogP contribution >= 0.6 is 0 Å². The summed E-state index contributed by atoms with van der Waals surface area (Å²) in [5.41, 5.74) is 0. The van der Waals surface area contributed by atoms with Crippen LogP contribution in [0.3, 0.4) is 0 Å². The third-order valence-electron chi connectivity index (χ3n) is 2.46. The lowest BCUT2D eigenvalue weighted by Crippen LogP contribution is -2.50. The van der Waals surface area contributed by atoms with E-state index in [9.17, 15) is 18.0 Å². The van der Waals surface area contributed by atoms with Crippen LogP contribution in [-0.4, -0.2) is 61.7 Å². The second kappa shape index (κ2) is 4.92. The van der Waals surface area contributed by atoms with Crippen LogP contribution in [0, 0.1) is 0 Å². The Morgan fingerprint density at radius 3 is 2.00 bits per heavy atom. The molecule has 0 N–H and O–H groups in total. The number of Topliss-reactive ketones (excluding diaryl/α,β-unsaturated/α-hetero) is 1. The van der Waals surface area contributed by atoms with E-state index < -0.39 is 10.0 Å². The molecule has 7 heteroatoms. The van der Waals surface area contributed by atoms with Gasteiger partial charge in [-0.1, -0.05) is 0 Å². The lowest BCUT2D eigenvalue weighted by molar-refractivity contribution is -0.135. The van der Waals surface area contributed by atoms with Crippen LogP contribution in [0.5, 0.6) is 0 Å². The maximum absolute atomic E-state index is 11.5. The highest BCUT2D eigenvalue weighted by Crippen LogP contribution is 2.07. The van der Waals surface area contributed by atoms with Gasteiger partial charge in [-0.05, 0) is 6.92 Å². The molecule has 0 aliphatic carbocycles. The Bertz CT molecular complexity index is 382. The molecule has 1 aliphatic heterocycles. The fraction of sp³-hybridized carbons (Fsp3) is 0.778. The van der Waals surface area contributed by atoms with Gasteiger partial charge in [0, 0.05) is 26.2 Å². The molecule has 0 aromatic heterocycles. The van der Waals surface area contributed by atoms with Crippen LogP contribution in [0.15, 0.2) is 0 Å². The Kier molecular flexibility index (Phi) is 4.03. The molecule has 0 spiro atoms. The van der Waals surface area contributed by atoms with Crippen LogP contribution in [0.1, 0.15) is 13.3 Å². The first-order valence-corrected chi connectivity index (χ1v) is 6.88. The normalized spacial score (nSPS) is 18.5. The van der Waals surface area contributed by atoms with E-state index in [-0.39, 0.29) is 18.1 Å². The number of carbonyl (C=O) groups excluding carboxylic acids is 2. The molecular formula is C9H16N2O4S. The monoisotopic (exact) mass is 248 g/mol. The molecular weight excluding hydrogens is 232 g/mol. The van der Waals surface area contributed by atoms with Crippen molar-refractivity contribution in [2.24, 2.45) is 0 Å². The van der Waals surface area contributed by atoms with Crippen LogP contribution < -0.4 is 0 Å². The SMILES string of the molecule is CC(=O)CC(=O)N1CCN(S(C)(=O)=O)CC1. The topological polar surface area (TPSA) is 74.8 Å². The van der Waals surface area contributed by atoms with Gasteiger partial charge in [0.2, 0.25) is 15.9 Å². The van der Waals surface area contributed by atoms with Gasteiger partial charge < -0.3 is 4.90 Å². The zero-order valence-electron chi connectivity index (χ0n) is 9.47. The molecule has 0 atom stereocenters. The van der Waals surface area contributed by atoms with Gasteiger partial charge in [-0.2, -0.15) is 4.31 Å². The molecule has 0 radical (unpaired) electrons. The van der Waals surface area contributed by atoms with Crippen molar-refractivity contribution in [3.8, 4) is 0 Å². The summed E-state index contributed by atoms with van der Waals surface area (Å²) in [6, 6.07) is 0.